The SMILES string of the molecule is CCn1c2ccc(N(c3ccccc3)c3ccc4c(c3)c3ccccc3n4-c3ccccc3)cc2c2cc(N(c3ccccc3)c3ccc4c(c3)c3ccccc3n4-c3ccccc3)ccc21. The van der Waals surface area contributed by atoms with Gasteiger partial charge in [-0.25, -0.2) is 0 Å². The summed E-state index contributed by atoms with van der Waals surface area (Å²) in [6, 6.07) is 88.3. The molecule has 0 saturated heterocycles. The van der Waals surface area contributed by atoms with Gasteiger partial charge in [-0.15, -0.1) is 0 Å². The van der Waals surface area contributed by atoms with Crippen molar-refractivity contribution in [3.8, 4) is 11.4 Å². The van der Waals surface area contributed by atoms with E-state index in [1.54, 1.807) is 0 Å². The van der Waals surface area contributed by atoms with Crippen molar-refractivity contribution < 1.29 is 0 Å². The summed E-state index contributed by atoms with van der Waals surface area (Å²) in [5, 5.41) is 7.33. The van der Waals surface area contributed by atoms with Crippen molar-refractivity contribution in [1.82, 2.24) is 13.7 Å². The topological polar surface area (TPSA) is 21.3 Å². The van der Waals surface area contributed by atoms with Crippen molar-refractivity contribution >= 4 is 99.5 Å². The molecular weight excluding hydrogens is 815 g/mol. The predicted molar refractivity (Wildman–Crippen MR) is 283 cm³/mol. The Morgan fingerprint density at radius 2 is 0.567 bits per heavy atom. The first-order valence-corrected chi connectivity index (χ1v) is 23.2. The van der Waals surface area contributed by atoms with Gasteiger partial charge in [0, 0.05) is 95.4 Å². The van der Waals surface area contributed by atoms with Crippen LogP contribution >= 0.6 is 0 Å². The number of aryl methyl sites for hydroxylation is 1. The number of fused-ring (bicyclic) bond motifs is 9. The molecule has 0 fully saturated rings. The van der Waals surface area contributed by atoms with Gasteiger partial charge in [0.25, 0.3) is 0 Å². The third-order valence-electron chi connectivity index (χ3n) is 13.6. The zero-order valence-corrected chi connectivity index (χ0v) is 37.0. The minimum Gasteiger partial charge on any atom is -0.341 e. The van der Waals surface area contributed by atoms with Gasteiger partial charge in [-0.05, 0) is 140 Å². The van der Waals surface area contributed by atoms with Gasteiger partial charge >= 0.3 is 0 Å². The van der Waals surface area contributed by atoms with E-state index in [-0.39, 0.29) is 0 Å². The molecule has 0 spiro atoms. The minimum atomic E-state index is 0.855. The average molecular weight is 860 g/mol. The van der Waals surface area contributed by atoms with Crippen molar-refractivity contribution in [1.29, 1.82) is 0 Å². The molecule has 318 valence electrons. The Labute approximate surface area is 388 Å². The summed E-state index contributed by atoms with van der Waals surface area (Å²) in [7, 11) is 0. The quantitative estimate of drug-likeness (QED) is 0.144. The van der Waals surface area contributed by atoms with Crippen LogP contribution in [0.25, 0.3) is 76.8 Å². The van der Waals surface area contributed by atoms with Crippen LogP contribution in [0, 0.1) is 0 Å². The summed E-state index contributed by atoms with van der Waals surface area (Å²) in [6.07, 6.45) is 0. The molecule has 0 atom stereocenters. The van der Waals surface area contributed by atoms with Crippen molar-refractivity contribution in [3.63, 3.8) is 0 Å². The van der Waals surface area contributed by atoms with E-state index >= 15 is 0 Å². The van der Waals surface area contributed by atoms with Crippen molar-refractivity contribution in [2.24, 2.45) is 0 Å². The van der Waals surface area contributed by atoms with Gasteiger partial charge in [0.15, 0.2) is 0 Å². The van der Waals surface area contributed by atoms with Crippen molar-refractivity contribution in [2.75, 3.05) is 9.80 Å². The summed E-state index contributed by atoms with van der Waals surface area (Å²) in [6.45, 7) is 3.10. The lowest BCUT2D eigenvalue weighted by Gasteiger charge is -2.26. The van der Waals surface area contributed by atoms with E-state index < -0.39 is 0 Å². The van der Waals surface area contributed by atoms with E-state index in [0.717, 1.165) is 52.0 Å². The Bertz CT molecular complexity index is 3700. The van der Waals surface area contributed by atoms with Gasteiger partial charge in [-0.1, -0.05) is 109 Å². The molecule has 13 aromatic rings. The highest BCUT2D eigenvalue weighted by Crippen LogP contribution is 2.45. The fourth-order valence-electron chi connectivity index (χ4n) is 10.7. The third kappa shape index (κ3) is 6.23. The van der Waals surface area contributed by atoms with Gasteiger partial charge < -0.3 is 23.5 Å². The van der Waals surface area contributed by atoms with E-state index in [9.17, 15) is 0 Å². The fourth-order valence-corrected chi connectivity index (χ4v) is 10.7. The maximum absolute atomic E-state index is 2.45. The molecule has 0 bridgehead atoms. The maximum atomic E-state index is 2.45. The van der Waals surface area contributed by atoms with E-state index in [1.165, 1.54) is 65.4 Å². The molecular formula is C62H45N5. The van der Waals surface area contributed by atoms with Crippen LogP contribution in [0.4, 0.5) is 34.1 Å². The molecule has 5 nitrogen and oxygen atoms in total. The summed E-state index contributed by atoms with van der Waals surface area (Å²) < 4.78 is 7.21. The lowest BCUT2D eigenvalue weighted by molar-refractivity contribution is 0.827. The number of nitrogens with zero attached hydrogens (tertiary/aromatic N) is 5. The Morgan fingerprint density at radius 3 is 0.940 bits per heavy atom. The number of anilines is 6. The standard InChI is InChI=1S/C62H45N5/c1-2-63-57-35-31-47(64(43-19-7-3-8-20-43)49-33-37-61-53(39-49)51-27-15-17-29-59(51)66(61)45-23-11-5-12-24-45)41-55(57)56-42-48(32-36-58(56)63)65(44-21-9-4-10-22-44)50-34-38-62-54(40-50)52-28-16-18-30-60(52)67(62)46-25-13-6-14-26-46/h3-42H,2H2,1H3. The predicted octanol–water partition coefficient (Wildman–Crippen LogP) is 16.9. The second-order valence-electron chi connectivity index (χ2n) is 17.3. The number of hydrogen-bond acceptors (Lipinski definition) is 2. The smallest absolute Gasteiger partial charge is 0.0542 e. The Kier molecular flexibility index (Phi) is 9.07. The molecule has 0 N–H and O–H groups in total. The Hall–Kier alpha value is -8.80. The van der Waals surface area contributed by atoms with Gasteiger partial charge in [-0.2, -0.15) is 0 Å². The first-order chi connectivity index (χ1) is 33.2. The molecule has 0 aliphatic carbocycles. The second-order valence-corrected chi connectivity index (χ2v) is 17.3. The first kappa shape index (κ1) is 38.6. The molecule has 5 heteroatoms. The van der Waals surface area contributed by atoms with E-state index in [2.05, 4.69) is 273 Å². The van der Waals surface area contributed by atoms with Gasteiger partial charge in [0.2, 0.25) is 0 Å². The molecule has 0 radical (unpaired) electrons. The van der Waals surface area contributed by atoms with Gasteiger partial charge in [0.1, 0.15) is 0 Å². The number of rotatable bonds is 9. The molecule has 67 heavy (non-hydrogen) atoms. The number of hydrogen-bond donors (Lipinski definition) is 0. The number of benzene rings is 10. The molecule has 13 rings (SSSR count). The second kappa shape index (κ2) is 15.7. The molecule has 0 aliphatic rings. The third-order valence-corrected chi connectivity index (χ3v) is 13.6. The first-order valence-electron chi connectivity index (χ1n) is 23.2. The van der Waals surface area contributed by atoms with Crippen LogP contribution in [0.2, 0.25) is 0 Å². The number of aromatic nitrogens is 3. The normalized spacial score (nSPS) is 11.7. The van der Waals surface area contributed by atoms with Crippen molar-refractivity contribution in [3.05, 3.63) is 243 Å². The van der Waals surface area contributed by atoms with Crippen LogP contribution in [-0.2, 0) is 6.54 Å². The molecule has 0 saturated carbocycles. The van der Waals surface area contributed by atoms with Crippen LogP contribution in [-0.4, -0.2) is 13.7 Å². The molecule has 0 amide bonds. The molecule has 3 aromatic heterocycles. The lowest BCUT2D eigenvalue weighted by Crippen LogP contribution is -2.10. The summed E-state index contributed by atoms with van der Waals surface area (Å²) in [4.78, 5) is 4.81. The summed E-state index contributed by atoms with van der Waals surface area (Å²) >= 11 is 0. The van der Waals surface area contributed by atoms with Crippen LogP contribution in [0.3, 0.4) is 0 Å². The Balaban J connectivity index is 0.991. The highest BCUT2D eigenvalue weighted by molar-refractivity contribution is 6.14. The largest absolute Gasteiger partial charge is 0.341 e. The van der Waals surface area contributed by atoms with Crippen LogP contribution in [0.1, 0.15) is 6.92 Å². The molecule has 3 heterocycles. The van der Waals surface area contributed by atoms with Crippen LogP contribution in [0.15, 0.2) is 243 Å². The van der Waals surface area contributed by atoms with E-state index in [0.29, 0.717) is 0 Å². The molecule has 0 aliphatic heterocycles. The Morgan fingerprint density at radius 1 is 0.269 bits per heavy atom. The highest BCUT2D eigenvalue weighted by Gasteiger charge is 2.22. The average Bonchev–Trinajstić information content (AvgIpc) is 4.02. The number of para-hydroxylation sites is 6. The van der Waals surface area contributed by atoms with Gasteiger partial charge in [0.05, 0.1) is 22.1 Å². The zero-order chi connectivity index (χ0) is 44.4. The summed E-state index contributed by atoms with van der Waals surface area (Å²) in [5.41, 5.74) is 16.1. The monoisotopic (exact) mass is 859 g/mol. The molecule has 10 aromatic carbocycles. The minimum absolute atomic E-state index is 0.855. The van der Waals surface area contributed by atoms with Gasteiger partial charge in [-0.3, -0.25) is 0 Å². The summed E-state index contributed by atoms with van der Waals surface area (Å²) in [5.74, 6) is 0. The molecule has 0 unspecified atom stereocenters. The van der Waals surface area contributed by atoms with Crippen molar-refractivity contribution in [2.45, 2.75) is 13.5 Å². The zero-order valence-electron chi connectivity index (χ0n) is 37.0. The van der Waals surface area contributed by atoms with Crippen LogP contribution < -0.4 is 9.80 Å². The van der Waals surface area contributed by atoms with Crippen LogP contribution in [0.5, 0.6) is 0 Å². The highest BCUT2D eigenvalue weighted by atomic mass is 15.2. The van der Waals surface area contributed by atoms with E-state index in [4.69, 9.17) is 0 Å². The fraction of sp³-hybridized carbons (Fsp3) is 0.0323. The van der Waals surface area contributed by atoms with E-state index in [1.807, 2.05) is 0 Å². The maximum Gasteiger partial charge on any atom is 0.0542 e. The lowest BCUT2D eigenvalue weighted by atomic mass is 10.1.